The van der Waals surface area contributed by atoms with Crippen molar-refractivity contribution < 1.29 is 9.31 Å². The maximum atomic E-state index is 13.7. The predicted molar refractivity (Wildman–Crippen MR) is 79.5 cm³/mol. The molecule has 0 N–H and O–H groups in total. The van der Waals surface area contributed by atoms with E-state index < -0.39 is 10.3 Å². The van der Waals surface area contributed by atoms with Crippen molar-refractivity contribution in [3.63, 3.8) is 0 Å². The molecule has 0 saturated carbocycles. The van der Waals surface area contributed by atoms with Gasteiger partial charge in [0.15, 0.2) is 0 Å². The summed E-state index contributed by atoms with van der Waals surface area (Å²) >= 11 is 9.50. The second-order valence-electron chi connectivity index (χ2n) is 4.26. The van der Waals surface area contributed by atoms with Crippen LogP contribution in [0.3, 0.4) is 0 Å². The van der Waals surface area contributed by atoms with E-state index in [1.807, 2.05) is 0 Å². The first-order chi connectivity index (χ1) is 9.47. The van der Waals surface area contributed by atoms with E-state index in [1.54, 1.807) is 24.3 Å². The van der Waals surface area contributed by atoms with Gasteiger partial charge >= 0.3 is 0 Å². The van der Waals surface area contributed by atoms with Crippen LogP contribution in [0.25, 0.3) is 0 Å². The summed E-state index contributed by atoms with van der Waals surface area (Å²) in [6, 6.07) is 10.7. The van der Waals surface area contributed by atoms with E-state index in [4.69, 9.17) is 11.6 Å². The summed E-state index contributed by atoms with van der Waals surface area (Å²) in [6.07, 6.45) is 0.396. The van der Waals surface area contributed by atoms with Gasteiger partial charge in [0.2, 0.25) is 0 Å². The number of hydrogen-bond acceptors (Lipinski definition) is 2. The van der Waals surface area contributed by atoms with Gasteiger partial charge < -0.3 is 0 Å². The molecule has 0 heterocycles. The summed E-state index contributed by atoms with van der Waals surface area (Å²) in [7, 11) is 0. The molecule has 0 amide bonds. The Kier molecular flexibility index (Phi) is 4.73. The third kappa shape index (κ3) is 3.55. The van der Waals surface area contributed by atoms with Crippen LogP contribution >= 0.6 is 27.5 Å². The Morgan fingerprint density at radius 3 is 2.50 bits per heavy atom. The molecule has 0 aliphatic heterocycles. The lowest BCUT2D eigenvalue weighted by atomic mass is 10.0. The zero-order valence-corrected chi connectivity index (χ0v) is 12.6. The Labute approximate surface area is 128 Å². The third-order valence-electron chi connectivity index (χ3n) is 2.86. The van der Waals surface area contributed by atoms with Crippen LogP contribution in [0.5, 0.6) is 0 Å². The maximum Gasteiger partial charge on any atom is 0.269 e. The van der Waals surface area contributed by atoms with Crippen LogP contribution in [0.15, 0.2) is 46.9 Å². The monoisotopic (exact) mass is 357 g/mol. The smallest absolute Gasteiger partial charge is 0.258 e. The molecular weight excluding hydrogens is 349 g/mol. The molecule has 6 heteroatoms. The van der Waals surface area contributed by atoms with Crippen molar-refractivity contribution in [1.29, 1.82) is 0 Å². The molecule has 0 aliphatic carbocycles. The minimum Gasteiger partial charge on any atom is -0.258 e. The first-order valence-electron chi connectivity index (χ1n) is 5.79. The molecule has 2 rings (SSSR count). The van der Waals surface area contributed by atoms with E-state index in [2.05, 4.69) is 15.9 Å². The molecule has 0 aromatic heterocycles. The third-order valence-corrected chi connectivity index (χ3v) is 3.74. The highest BCUT2D eigenvalue weighted by Crippen LogP contribution is 2.29. The predicted octanol–water partition coefficient (Wildman–Crippen LogP) is 5.02. The van der Waals surface area contributed by atoms with Crippen LogP contribution in [-0.2, 0) is 6.42 Å². The Hall–Kier alpha value is -1.46. The van der Waals surface area contributed by atoms with Gasteiger partial charge in [0.25, 0.3) is 5.69 Å². The van der Waals surface area contributed by atoms with Gasteiger partial charge in [-0.05, 0) is 30.2 Å². The van der Waals surface area contributed by atoms with Gasteiger partial charge in [-0.1, -0.05) is 28.1 Å². The number of alkyl halides is 1. The van der Waals surface area contributed by atoms with Crippen molar-refractivity contribution in [1.82, 2.24) is 0 Å². The first-order valence-corrected chi connectivity index (χ1v) is 7.02. The summed E-state index contributed by atoms with van der Waals surface area (Å²) in [5.41, 5.74) is 1.24. The molecule has 2 aromatic carbocycles. The minimum absolute atomic E-state index is 0.0218. The van der Waals surface area contributed by atoms with Gasteiger partial charge in [0, 0.05) is 22.2 Å². The average molecular weight is 359 g/mol. The molecule has 0 saturated heterocycles. The number of benzene rings is 2. The van der Waals surface area contributed by atoms with Crippen molar-refractivity contribution in [3.05, 3.63) is 74.0 Å². The lowest BCUT2D eigenvalue weighted by molar-refractivity contribution is -0.384. The van der Waals surface area contributed by atoms with Gasteiger partial charge in [-0.3, -0.25) is 10.1 Å². The number of nitro groups is 1. The average Bonchev–Trinajstić information content (AvgIpc) is 2.42. The summed E-state index contributed by atoms with van der Waals surface area (Å²) in [6.45, 7) is 0. The Morgan fingerprint density at radius 1 is 1.25 bits per heavy atom. The van der Waals surface area contributed by atoms with Crippen LogP contribution in [-0.4, -0.2) is 4.92 Å². The van der Waals surface area contributed by atoms with Crippen molar-refractivity contribution in [2.24, 2.45) is 0 Å². The molecule has 0 aliphatic rings. The van der Waals surface area contributed by atoms with E-state index >= 15 is 0 Å². The molecule has 0 radical (unpaired) electrons. The van der Waals surface area contributed by atoms with Crippen molar-refractivity contribution in [2.45, 2.75) is 11.8 Å². The first kappa shape index (κ1) is 14.9. The fourth-order valence-corrected chi connectivity index (χ4v) is 2.55. The Morgan fingerprint density at radius 2 is 1.90 bits per heavy atom. The Bertz CT molecular complexity index is 634. The molecule has 0 spiro atoms. The molecule has 0 fully saturated rings. The molecule has 104 valence electrons. The van der Waals surface area contributed by atoms with Gasteiger partial charge in [-0.15, -0.1) is 11.6 Å². The lowest BCUT2D eigenvalue weighted by Crippen LogP contribution is -1.99. The van der Waals surface area contributed by atoms with Crippen LogP contribution in [0.2, 0.25) is 0 Å². The van der Waals surface area contributed by atoms with E-state index in [1.165, 1.54) is 18.2 Å². The number of rotatable bonds is 4. The quantitative estimate of drug-likeness (QED) is 0.437. The summed E-state index contributed by atoms with van der Waals surface area (Å²) in [5, 5.41) is 10.0. The molecular formula is C14H10BrClFNO2. The molecule has 0 bridgehead atoms. The van der Waals surface area contributed by atoms with Crippen molar-refractivity contribution in [2.75, 3.05) is 0 Å². The van der Waals surface area contributed by atoms with Crippen LogP contribution < -0.4 is 0 Å². The number of halogens is 3. The van der Waals surface area contributed by atoms with Crippen molar-refractivity contribution >= 4 is 33.2 Å². The fraction of sp³-hybridized carbons (Fsp3) is 0.143. The highest BCUT2D eigenvalue weighted by Gasteiger charge is 2.15. The molecule has 1 unspecified atom stereocenters. The number of hydrogen-bond donors (Lipinski definition) is 0. The normalized spacial score (nSPS) is 12.2. The van der Waals surface area contributed by atoms with E-state index in [9.17, 15) is 14.5 Å². The molecule has 2 aromatic rings. The highest BCUT2D eigenvalue weighted by molar-refractivity contribution is 9.10. The van der Waals surface area contributed by atoms with Crippen molar-refractivity contribution in [3.8, 4) is 0 Å². The number of nitrogens with zero attached hydrogens (tertiary/aromatic N) is 1. The summed E-state index contributed by atoms with van der Waals surface area (Å²) in [5.74, 6) is -0.366. The molecule has 3 nitrogen and oxygen atoms in total. The summed E-state index contributed by atoms with van der Waals surface area (Å²) < 4.78 is 14.5. The maximum absolute atomic E-state index is 13.7. The molecule has 1 atom stereocenters. The van der Waals surface area contributed by atoms with E-state index in [-0.39, 0.29) is 11.5 Å². The largest absolute Gasteiger partial charge is 0.269 e. The van der Waals surface area contributed by atoms with Crippen LogP contribution in [0.4, 0.5) is 10.1 Å². The zero-order chi connectivity index (χ0) is 14.7. The Balaban J connectivity index is 2.16. The van der Waals surface area contributed by atoms with E-state index in [0.717, 1.165) is 10.0 Å². The second kappa shape index (κ2) is 6.33. The van der Waals surface area contributed by atoms with Gasteiger partial charge in [-0.2, -0.15) is 0 Å². The highest BCUT2D eigenvalue weighted by atomic mass is 79.9. The lowest BCUT2D eigenvalue weighted by Gasteiger charge is -2.11. The number of nitro benzene ring substituents is 1. The van der Waals surface area contributed by atoms with Gasteiger partial charge in [0.1, 0.15) is 5.82 Å². The summed E-state index contributed by atoms with van der Waals surface area (Å²) in [4.78, 5) is 10.1. The zero-order valence-electron chi connectivity index (χ0n) is 10.2. The van der Waals surface area contributed by atoms with E-state index in [0.29, 0.717) is 12.0 Å². The van der Waals surface area contributed by atoms with Gasteiger partial charge in [-0.25, -0.2) is 4.39 Å². The minimum atomic E-state index is -0.533. The second-order valence-corrected chi connectivity index (χ2v) is 5.70. The molecule has 20 heavy (non-hydrogen) atoms. The van der Waals surface area contributed by atoms with Gasteiger partial charge in [0.05, 0.1) is 10.3 Å². The topological polar surface area (TPSA) is 43.1 Å². The fourth-order valence-electron chi connectivity index (χ4n) is 1.83. The van der Waals surface area contributed by atoms with Crippen LogP contribution in [0.1, 0.15) is 16.5 Å². The standard InChI is InChI=1S/C14H10BrClFNO2/c15-10-3-6-14(17)12(8-10)13(16)7-9-1-4-11(5-2-9)18(19)20/h1-6,8,13H,7H2. The van der Waals surface area contributed by atoms with Crippen LogP contribution in [0, 0.1) is 15.9 Å². The number of non-ortho nitro benzene ring substituents is 1. The SMILES string of the molecule is O=[N+]([O-])c1ccc(CC(Cl)c2cc(Br)ccc2F)cc1.